The van der Waals surface area contributed by atoms with Crippen molar-refractivity contribution in [1.82, 2.24) is 9.78 Å². The number of anilines is 1. The van der Waals surface area contributed by atoms with E-state index in [-0.39, 0.29) is 16.3 Å². The van der Waals surface area contributed by atoms with Crippen molar-refractivity contribution in [3.63, 3.8) is 0 Å². The third-order valence-corrected chi connectivity index (χ3v) is 2.72. The molecule has 0 saturated carbocycles. The average molecular weight is 280 g/mol. The number of aromatic nitrogens is 2. The minimum absolute atomic E-state index is 0.0563. The summed E-state index contributed by atoms with van der Waals surface area (Å²) < 4.78 is 1.50. The molecule has 1 amide bonds. The van der Waals surface area contributed by atoms with Gasteiger partial charge in [0.2, 0.25) is 0 Å². The second-order valence-electron chi connectivity index (χ2n) is 3.83. The van der Waals surface area contributed by atoms with E-state index < -0.39 is 11.9 Å². The van der Waals surface area contributed by atoms with Crippen molar-refractivity contribution >= 4 is 29.2 Å². The van der Waals surface area contributed by atoms with Gasteiger partial charge in [0.1, 0.15) is 0 Å². The van der Waals surface area contributed by atoms with Crippen molar-refractivity contribution in [3.8, 4) is 0 Å². The maximum Gasteiger partial charge on any atom is 0.335 e. The first-order valence-corrected chi connectivity index (χ1v) is 5.69. The first-order chi connectivity index (χ1) is 8.97. The van der Waals surface area contributed by atoms with Gasteiger partial charge in [-0.3, -0.25) is 9.48 Å². The molecule has 0 bridgehead atoms. The lowest BCUT2D eigenvalue weighted by Crippen LogP contribution is -2.13. The van der Waals surface area contributed by atoms with E-state index in [1.165, 1.54) is 22.9 Å². The predicted octanol–water partition coefficient (Wildman–Crippen LogP) is 2.02. The Kier molecular flexibility index (Phi) is 3.52. The van der Waals surface area contributed by atoms with Gasteiger partial charge in [-0.1, -0.05) is 11.6 Å². The molecule has 19 heavy (non-hydrogen) atoms. The number of hydrogen-bond donors (Lipinski definition) is 2. The molecule has 6 nitrogen and oxygen atoms in total. The second-order valence-corrected chi connectivity index (χ2v) is 4.24. The highest BCUT2D eigenvalue weighted by Gasteiger charge is 2.12. The number of hydrogen-bond acceptors (Lipinski definition) is 3. The van der Waals surface area contributed by atoms with Gasteiger partial charge in [-0.2, -0.15) is 5.10 Å². The first-order valence-electron chi connectivity index (χ1n) is 5.31. The highest BCUT2D eigenvalue weighted by molar-refractivity contribution is 6.34. The number of carbonyl (C=O) groups is 2. The van der Waals surface area contributed by atoms with Crippen LogP contribution in [0.15, 0.2) is 30.5 Å². The van der Waals surface area contributed by atoms with Crippen LogP contribution in [0.3, 0.4) is 0 Å². The van der Waals surface area contributed by atoms with Crippen LogP contribution in [-0.4, -0.2) is 26.8 Å². The Morgan fingerprint density at radius 3 is 2.63 bits per heavy atom. The van der Waals surface area contributed by atoms with E-state index in [2.05, 4.69) is 10.4 Å². The molecule has 7 heteroatoms. The Bertz CT molecular complexity index is 651. The number of rotatable bonds is 3. The zero-order chi connectivity index (χ0) is 14.0. The number of aryl methyl sites for hydroxylation is 1. The molecule has 1 aromatic heterocycles. The van der Waals surface area contributed by atoms with Gasteiger partial charge in [0.05, 0.1) is 16.3 Å². The molecule has 0 radical (unpaired) electrons. The van der Waals surface area contributed by atoms with Crippen LogP contribution < -0.4 is 5.32 Å². The number of carbonyl (C=O) groups excluding carboxylic acids is 1. The maximum absolute atomic E-state index is 11.8. The van der Waals surface area contributed by atoms with E-state index in [0.29, 0.717) is 5.69 Å². The van der Waals surface area contributed by atoms with Gasteiger partial charge in [0, 0.05) is 13.2 Å². The Hall–Kier alpha value is -2.34. The van der Waals surface area contributed by atoms with Gasteiger partial charge in [0.15, 0.2) is 5.69 Å². The molecule has 0 aliphatic heterocycles. The molecule has 0 aliphatic rings. The van der Waals surface area contributed by atoms with Gasteiger partial charge in [0.25, 0.3) is 5.91 Å². The fourth-order valence-electron chi connectivity index (χ4n) is 1.47. The van der Waals surface area contributed by atoms with E-state index in [0.717, 1.165) is 0 Å². The van der Waals surface area contributed by atoms with Gasteiger partial charge in [-0.25, -0.2) is 4.79 Å². The minimum Gasteiger partial charge on any atom is -0.478 e. The number of nitrogens with one attached hydrogen (secondary N) is 1. The number of benzene rings is 1. The largest absolute Gasteiger partial charge is 0.478 e. The van der Waals surface area contributed by atoms with Crippen LogP contribution in [0.25, 0.3) is 0 Å². The zero-order valence-corrected chi connectivity index (χ0v) is 10.7. The molecule has 0 spiro atoms. The van der Waals surface area contributed by atoms with Crippen LogP contribution in [0.2, 0.25) is 5.02 Å². The summed E-state index contributed by atoms with van der Waals surface area (Å²) in [5.74, 6) is -1.49. The van der Waals surface area contributed by atoms with Crippen molar-refractivity contribution in [3.05, 3.63) is 46.7 Å². The Morgan fingerprint density at radius 2 is 2.11 bits per heavy atom. The predicted molar refractivity (Wildman–Crippen MR) is 69.6 cm³/mol. The second kappa shape index (κ2) is 5.11. The van der Waals surface area contributed by atoms with E-state index in [1.807, 2.05) is 0 Å². The summed E-state index contributed by atoms with van der Waals surface area (Å²) in [6.07, 6.45) is 1.64. The van der Waals surface area contributed by atoms with Crippen molar-refractivity contribution in [1.29, 1.82) is 0 Å². The van der Waals surface area contributed by atoms with E-state index >= 15 is 0 Å². The van der Waals surface area contributed by atoms with Crippen molar-refractivity contribution in [2.75, 3.05) is 5.32 Å². The fourth-order valence-corrected chi connectivity index (χ4v) is 1.70. The summed E-state index contributed by atoms with van der Waals surface area (Å²) in [5, 5.41) is 15.5. The number of amides is 1. The van der Waals surface area contributed by atoms with Crippen LogP contribution in [0.4, 0.5) is 5.69 Å². The third-order valence-electron chi connectivity index (χ3n) is 2.41. The molecule has 98 valence electrons. The molecule has 0 saturated heterocycles. The summed E-state index contributed by atoms with van der Waals surface area (Å²) in [4.78, 5) is 22.6. The Balaban J connectivity index is 2.20. The van der Waals surface area contributed by atoms with Crippen molar-refractivity contribution in [2.45, 2.75) is 0 Å². The highest BCUT2D eigenvalue weighted by atomic mass is 35.5. The van der Waals surface area contributed by atoms with Gasteiger partial charge in [-0.15, -0.1) is 0 Å². The number of nitrogens with zero attached hydrogens (tertiary/aromatic N) is 2. The molecule has 0 fully saturated rings. The molecule has 2 N–H and O–H groups in total. The number of halogens is 1. The molecular weight excluding hydrogens is 270 g/mol. The van der Waals surface area contributed by atoms with Crippen molar-refractivity contribution < 1.29 is 14.7 Å². The van der Waals surface area contributed by atoms with Crippen LogP contribution in [-0.2, 0) is 7.05 Å². The smallest absolute Gasteiger partial charge is 0.335 e. The van der Waals surface area contributed by atoms with E-state index in [4.69, 9.17) is 16.7 Å². The minimum atomic E-state index is -1.08. The van der Waals surface area contributed by atoms with Crippen LogP contribution >= 0.6 is 11.6 Å². The average Bonchev–Trinajstić information content (AvgIpc) is 2.78. The SMILES string of the molecule is Cn1ccc(C(=O)Nc2ccc(C(=O)O)cc2Cl)n1. The van der Waals surface area contributed by atoms with Gasteiger partial charge >= 0.3 is 5.97 Å². The summed E-state index contributed by atoms with van der Waals surface area (Å²) >= 11 is 5.91. The van der Waals surface area contributed by atoms with Crippen LogP contribution in [0.1, 0.15) is 20.8 Å². The summed E-state index contributed by atoms with van der Waals surface area (Å²) in [6.45, 7) is 0. The topological polar surface area (TPSA) is 84.2 Å². The normalized spacial score (nSPS) is 10.2. The van der Waals surface area contributed by atoms with Crippen molar-refractivity contribution in [2.24, 2.45) is 7.05 Å². The third kappa shape index (κ3) is 2.92. The standard InChI is InChI=1S/C12H10ClN3O3/c1-16-5-4-10(15-16)11(17)14-9-3-2-7(12(18)19)6-8(9)13/h2-6H,1H3,(H,14,17)(H,18,19). The molecular formula is C12H10ClN3O3. The quantitative estimate of drug-likeness (QED) is 0.900. The van der Waals surface area contributed by atoms with E-state index in [1.54, 1.807) is 19.3 Å². The number of carboxylic acid groups (broad SMARTS) is 1. The van der Waals surface area contributed by atoms with Crippen LogP contribution in [0.5, 0.6) is 0 Å². The Labute approximate surface area is 113 Å². The lowest BCUT2D eigenvalue weighted by Gasteiger charge is -2.06. The molecule has 2 aromatic rings. The maximum atomic E-state index is 11.8. The molecule has 1 heterocycles. The lowest BCUT2D eigenvalue weighted by atomic mass is 10.2. The molecule has 1 aromatic carbocycles. The van der Waals surface area contributed by atoms with Gasteiger partial charge < -0.3 is 10.4 Å². The summed E-state index contributed by atoms with van der Waals surface area (Å²) in [6, 6.07) is 5.64. The summed E-state index contributed by atoms with van der Waals surface area (Å²) in [5.41, 5.74) is 0.643. The number of carboxylic acids is 1. The highest BCUT2D eigenvalue weighted by Crippen LogP contribution is 2.23. The van der Waals surface area contributed by atoms with Gasteiger partial charge in [-0.05, 0) is 24.3 Å². The lowest BCUT2D eigenvalue weighted by molar-refractivity contribution is 0.0696. The zero-order valence-electron chi connectivity index (χ0n) is 9.92. The molecule has 0 atom stereocenters. The van der Waals surface area contributed by atoms with Crippen LogP contribution in [0, 0.1) is 0 Å². The fraction of sp³-hybridized carbons (Fsp3) is 0.0833. The first kappa shape index (κ1) is 13.1. The summed E-state index contributed by atoms with van der Waals surface area (Å²) in [7, 11) is 1.70. The molecule has 2 rings (SSSR count). The monoisotopic (exact) mass is 279 g/mol. The number of aromatic carboxylic acids is 1. The van der Waals surface area contributed by atoms with E-state index in [9.17, 15) is 9.59 Å². The Morgan fingerprint density at radius 1 is 1.37 bits per heavy atom. The molecule has 0 aliphatic carbocycles. The molecule has 0 unspecified atom stereocenters.